The summed E-state index contributed by atoms with van der Waals surface area (Å²) in [6.07, 6.45) is 1.76. The Morgan fingerprint density at radius 2 is 2.29 bits per heavy atom. The first-order valence-electron chi connectivity index (χ1n) is 4.04. The number of hydrogen-bond acceptors (Lipinski definition) is 3. The highest BCUT2D eigenvalue weighted by atomic mass is 35.5. The van der Waals surface area contributed by atoms with E-state index in [9.17, 15) is 0 Å². The van der Waals surface area contributed by atoms with E-state index in [4.69, 9.17) is 16.3 Å². The van der Waals surface area contributed by atoms with Crippen molar-refractivity contribution >= 4 is 22.9 Å². The third-order valence-electron chi connectivity index (χ3n) is 1.82. The van der Waals surface area contributed by atoms with E-state index >= 15 is 0 Å². The number of aromatic nitrogens is 1. The van der Waals surface area contributed by atoms with Gasteiger partial charge in [-0.15, -0.1) is 11.3 Å². The Kier molecular flexibility index (Phi) is 2.70. The van der Waals surface area contributed by atoms with Crippen molar-refractivity contribution in [2.45, 2.75) is 0 Å². The van der Waals surface area contributed by atoms with E-state index in [0.717, 1.165) is 16.3 Å². The highest BCUT2D eigenvalue weighted by Gasteiger charge is 2.08. The molecule has 0 N–H and O–H groups in total. The van der Waals surface area contributed by atoms with Gasteiger partial charge in [0.15, 0.2) is 0 Å². The first-order valence-corrected chi connectivity index (χ1v) is 5.30. The topological polar surface area (TPSA) is 22.1 Å². The minimum absolute atomic E-state index is 0.691. The number of methoxy groups -OCH3 is 1. The van der Waals surface area contributed by atoms with Crippen LogP contribution in [0, 0.1) is 0 Å². The Morgan fingerprint density at radius 3 is 2.93 bits per heavy atom. The summed E-state index contributed by atoms with van der Waals surface area (Å²) in [4.78, 5) is 4.22. The molecule has 0 radical (unpaired) electrons. The second-order valence-electron chi connectivity index (χ2n) is 2.68. The zero-order chi connectivity index (χ0) is 9.97. The van der Waals surface area contributed by atoms with Crippen LogP contribution in [-0.4, -0.2) is 12.1 Å². The molecule has 0 spiro atoms. The minimum Gasteiger partial charge on any atom is -0.496 e. The molecular weight excluding hydrogens is 218 g/mol. The van der Waals surface area contributed by atoms with E-state index in [1.165, 1.54) is 0 Å². The summed E-state index contributed by atoms with van der Waals surface area (Å²) in [5.74, 6) is 0.796. The predicted octanol–water partition coefficient (Wildman–Crippen LogP) is 3.47. The van der Waals surface area contributed by atoms with Crippen LogP contribution in [0.1, 0.15) is 0 Å². The summed E-state index contributed by atoms with van der Waals surface area (Å²) in [6, 6.07) is 5.51. The van der Waals surface area contributed by atoms with Crippen molar-refractivity contribution in [1.82, 2.24) is 4.98 Å². The van der Waals surface area contributed by atoms with E-state index in [2.05, 4.69) is 4.98 Å². The summed E-state index contributed by atoms with van der Waals surface area (Å²) in [7, 11) is 1.64. The highest BCUT2D eigenvalue weighted by molar-refractivity contribution is 7.13. The molecule has 0 aliphatic carbocycles. The fraction of sp³-hybridized carbons (Fsp3) is 0.100. The molecule has 2 aromatic rings. The van der Waals surface area contributed by atoms with Crippen LogP contribution in [0.25, 0.3) is 10.6 Å². The number of rotatable bonds is 2. The molecule has 72 valence electrons. The van der Waals surface area contributed by atoms with Crippen LogP contribution in [-0.2, 0) is 0 Å². The Morgan fingerprint density at radius 1 is 1.43 bits per heavy atom. The van der Waals surface area contributed by atoms with Gasteiger partial charge in [-0.3, -0.25) is 0 Å². The van der Waals surface area contributed by atoms with Crippen molar-refractivity contribution in [3.8, 4) is 16.3 Å². The molecule has 0 fully saturated rings. The summed E-state index contributed by atoms with van der Waals surface area (Å²) < 4.78 is 5.23. The molecule has 1 aromatic carbocycles. The van der Waals surface area contributed by atoms with Crippen molar-refractivity contribution in [2.24, 2.45) is 0 Å². The van der Waals surface area contributed by atoms with Gasteiger partial charge in [-0.2, -0.15) is 0 Å². The van der Waals surface area contributed by atoms with Crippen molar-refractivity contribution in [3.05, 3.63) is 34.8 Å². The normalized spacial score (nSPS) is 10.1. The first-order chi connectivity index (χ1) is 6.81. The van der Waals surface area contributed by atoms with Crippen LogP contribution >= 0.6 is 22.9 Å². The summed E-state index contributed by atoms with van der Waals surface area (Å²) in [5.41, 5.74) is 0.940. The molecule has 2 nitrogen and oxygen atoms in total. The summed E-state index contributed by atoms with van der Waals surface area (Å²) >= 11 is 7.48. The van der Waals surface area contributed by atoms with E-state index in [1.807, 2.05) is 17.5 Å². The van der Waals surface area contributed by atoms with E-state index in [1.54, 1.807) is 30.7 Å². The molecule has 2 rings (SSSR count). The van der Waals surface area contributed by atoms with Crippen LogP contribution in [0.2, 0.25) is 5.02 Å². The number of hydrogen-bond donors (Lipinski definition) is 0. The van der Waals surface area contributed by atoms with E-state index in [-0.39, 0.29) is 0 Å². The molecule has 14 heavy (non-hydrogen) atoms. The number of benzene rings is 1. The van der Waals surface area contributed by atoms with E-state index in [0.29, 0.717) is 5.02 Å². The quantitative estimate of drug-likeness (QED) is 0.781. The Hall–Kier alpha value is -1.06. The molecule has 4 heteroatoms. The molecule has 0 saturated carbocycles. The van der Waals surface area contributed by atoms with Gasteiger partial charge in [0.05, 0.1) is 12.7 Å². The highest BCUT2D eigenvalue weighted by Crippen LogP contribution is 2.33. The molecule has 1 heterocycles. The number of halogens is 1. The van der Waals surface area contributed by atoms with Gasteiger partial charge >= 0.3 is 0 Å². The zero-order valence-electron chi connectivity index (χ0n) is 7.53. The lowest BCUT2D eigenvalue weighted by Crippen LogP contribution is -1.86. The average molecular weight is 226 g/mol. The molecule has 0 aliphatic heterocycles. The van der Waals surface area contributed by atoms with Crippen LogP contribution in [0.3, 0.4) is 0 Å². The predicted molar refractivity (Wildman–Crippen MR) is 59.1 cm³/mol. The molecular formula is C10H8ClNOS. The van der Waals surface area contributed by atoms with Crippen molar-refractivity contribution in [3.63, 3.8) is 0 Å². The molecule has 0 saturated heterocycles. The molecule has 0 bridgehead atoms. The Bertz CT molecular complexity index is 428. The van der Waals surface area contributed by atoms with Crippen molar-refractivity contribution in [2.75, 3.05) is 7.11 Å². The van der Waals surface area contributed by atoms with Gasteiger partial charge in [-0.1, -0.05) is 11.6 Å². The average Bonchev–Trinajstić information content (AvgIpc) is 2.70. The van der Waals surface area contributed by atoms with Crippen LogP contribution in [0.4, 0.5) is 0 Å². The number of ether oxygens (including phenoxy) is 1. The maximum absolute atomic E-state index is 5.91. The summed E-state index contributed by atoms with van der Waals surface area (Å²) in [5, 5.41) is 3.54. The van der Waals surface area contributed by atoms with Gasteiger partial charge in [0.1, 0.15) is 10.8 Å². The maximum atomic E-state index is 5.91. The SMILES string of the molecule is COc1ccc(Cl)cc1-c1nccs1. The first kappa shape index (κ1) is 9.49. The molecule has 0 aliphatic rings. The number of thiazole rings is 1. The lowest BCUT2D eigenvalue weighted by Gasteiger charge is -2.05. The van der Waals surface area contributed by atoms with Crippen molar-refractivity contribution in [1.29, 1.82) is 0 Å². The van der Waals surface area contributed by atoms with Crippen LogP contribution in [0.15, 0.2) is 29.8 Å². The molecule has 1 aromatic heterocycles. The minimum atomic E-state index is 0.691. The fourth-order valence-electron chi connectivity index (χ4n) is 1.20. The van der Waals surface area contributed by atoms with Crippen LogP contribution in [0.5, 0.6) is 5.75 Å². The molecule has 0 unspecified atom stereocenters. The van der Waals surface area contributed by atoms with E-state index < -0.39 is 0 Å². The van der Waals surface area contributed by atoms with Gasteiger partial charge in [0.25, 0.3) is 0 Å². The molecule has 0 amide bonds. The second-order valence-corrected chi connectivity index (χ2v) is 4.01. The monoisotopic (exact) mass is 225 g/mol. The third kappa shape index (κ3) is 1.74. The van der Waals surface area contributed by atoms with Gasteiger partial charge in [-0.05, 0) is 18.2 Å². The smallest absolute Gasteiger partial charge is 0.129 e. The summed E-state index contributed by atoms with van der Waals surface area (Å²) in [6.45, 7) is 0. The fourth-order valence-corrected chi connectivity index (χ4v) is 2.03. The van der Waals surface area contributed by atoms with Gasteiger partial charge < -0.3 is 4.74 Å². The lowest BCUT2D eigenvalue weighted by atomic mass is 10.2. The van der Waals surface area contributed by atoms with Gasteiger partial charge in [0.2, 0.25) is 0 Å². The maximum Gasteiger partial charge on any atom is 0.129 e. The lowest BCUT2D eigenvalue weighted by molar-refractivity contribution is 0.416. The second kappa shape index (κ2) is 3.98. The Balaban J connectivity index is 2.55. The Labute approximate surface area is 91.1 Å². The number of nitrogens with zero attached hydrogens (tertiary/aromatic N) is 1. The van der Waals surface area contributed by atoms with Gasteiger partial charge in [0, 0.05) is 16.6 Å². The third-order valence-corrected chi connectivity index (χ3v) is 2.87. The van der Waals surface area contributed by atoms with Crippen molar-refractivity contribution < 1.29 is 4.74 Å². The standard InChI is InChI=1S/C10H8ClNOS/c1-13-9-3-2-7(11)6-8(9)10-12-4-5-14-10/h2-6H,1H3. The van der Waals surface area contributed by atoms with Gasteiger partial charge in [-0.25, -0.2) is 4.98 Å². The largest absolute Gasteiger partial charge is 0.496 e. The molecule has 0 atom stereocenters. The zero-order valence-corrected chi connectivity index (χ0v) is 9.10. The van der Waals surface area contributed by atoms with Crippen LogP contribution < -0.4 is 4.74 Å².